The van der Waals surface area contributed by atoms with E-state index in [-0.39, 0.29) is 11.9 Å². The smallest absolute Gasteiger partial charge is 0.240 e. The molecule has 3 N–H and O–H groups in total. The summed E-state index contributed by atoms with van der Waals surface area (Å²) in [6, 6.07) is 2.38. The van der Waals surface area contributed by atoms with Crippen LogP contribution in [0.3, 0.4) is 0 Å². The number of amides is 1. The van der Waals surface area contributed by atoms with Crippen molar-refractivity contribution in [1.82, 2.24) is 10.2 Å². The monoisotopic (exact) mass is 281 g/mol. The van der Waals surface area contributed by atoms with Crippen LogP contribution in [0.1, 0.15) is 38.3 Å². The van der Waals surface area contributed by atoms with Gasteiger partial charge in [0.15, 0.2) is 0 Å². The summed E-state index contributed by atoms with van der Waals surface area (Å²) < 4.78 is 0. The third-order valence-electron chi connectivity index (χ3n) is 3.88. The Morgan fingerprint density at radius 2 is 2.21 bits per heavy atom. The average Bonchev–Trinajstić information content (AvgIpc) is 2.95. The molecule has 1 aliphatic rings. The fraction of sp³-hybridized carbons (Fsp3) is 0.643. The molecule has 0 saturated heterocycles. The van der Waals surface area contributed by atoms with E-state index < -0.39 is 5.54 Å². The van der Waals surface area contributed by atoms with Crippen molar-refractivity contribution in [3.05, 3.63) is 22.4 Å². The second-order valence-corrected chi connectivity index (χ2v) is 5.94. The van der Waals surface area contributed by atoms with Crippen LogP contribution < -0.4 is 11.1 Å². The van der Waals surface area contributed by atoms with Gasteiger partial charge in [-0.2, -0.15) is 11.3 Å². The molecule has 0 aromatic carbocycles. The number of nitrogens with two attached hydrogens (primary N) is 1. The van der Waals surface area contributed by atoms with Crippen molar-refractivity contribution in [1.29, 1.82) is 0 Å². The highest BCUT2D eigenvalue weighted by molar-refractivity contribution is 7.07. The molecule has 1 aromatic rings. The summed E-state index contributed by atoms with van der Waals surface area (Å²) >= 11 is 1.69. The molecule has 1 saturated carbocycles. The van der Waals surface area contributed by atoms with Gasteiger partial charge in [-0.05, 0) is 48.3 Å². The molecule has 4 nitrogen and oxygen atoms in total. The van der Waals surface area contributed by atoms with Crippen LogP contribution in [0.15, 0.2) is 16.8 Å². The third kappa shape index (κ3) is 3.35. The highest BCUT2D eigenvalue weighted by atomic mass is 32.1. The van der Waals surface area contributed by atoms with Crippen LogP contribution in [0, 0.1) is 0 Å². The summed E-state index contributed by atoms with van der Waals surface area (Å²) in [6.07, 6.45) is 1.63. The maximum Gasteiger partial charge on any atom is 0.240 e. The molecule has 1 fully saturated rings. The number of hydrogen-bond donors (Lipinski definition) is 2. The third-order valence-corrected chi connectivity index (χ3v) is 4.58. The highest BCUT2D eigenvalue weighted by Gasteiger charge is 2.45. The quantitative estimate of drug-likeness (QED) is 0.800. The van der Waals surface area contributed by atoms with E-state index in [0.29, 0.717) is 6.54 Å². The first kappa shape index (κ1) is 14.5. The number of nitrogens with zero attached hydrogens (tertiary/aromatic N) is 1. The minimum atomic E-state index is -0.581. The van der Waals surface area contributed by atoms with E-state index in [1.165, 1.54) is 5.56 Å². The molecule has 1 aromatic heterocycles. The first-order valence-electron chi connectivity index (χ1n) is 6.94. The molecule has 0 bridgehead atoms. The Morgan fingerprint density at radius 3 is 2.68 bits per heavy atom. The molecule has 1 unspecified atom stereocenters. The summed E-state index contributed by atoms with van der Waals surface area (Å²) in [7, 11) is 0. The molecule has 1 heterocycles. The number of likely N-dealkylation sites (N-methyl/N-ethyl adjacent to an activating group) is 1. The van der Waals surface area contributed by atoms with Crippen molar-refractivity contribution >= 4 is 17.2 Å². The highest BCUT2D eigenvalue weighted by Crippen LogP contribution is 2.32. The van der Waals surface area contributed by atoms with Gasteiger partial charge in [-0.25, -0.2) is 0 Å². The van der Waals surface area contributed by atoms with Gasteiger partial charge in [0.1, 0.15) is 0 Å². The first-order chi connectivity index (χ1) is 9.10. The minimum absolute atomic E-state index is 0.000106. The van der Waals surface area contributed by atoms with E-state index in [1.807, 2.05) is 0 Å². The lowest BCUT2D eigenvalue weighted by Crippen LogP contribution is -2.46. The van der Waals surface area contributed by atoms with Gasteiger partial charge in [0.25, 0.3) is 0 Å². The van der Waals surface area contributed by atoms with Crippen LogP contribution in [-0.2, 0) is 4.79 Å². The summed E-state index contributed by atoms with van der Waals surface area (Å²) in [5, 5.41) is 7.26. The van der Waals surface area contributed by atoms with E-state index in [9.17, 15) is 4.79 Å². The zero-order chi connectivity index (χ0) is 13.9. The van der Waals surface area contributed by atoms with Crippen LogP contribution in [0.2, 0.25) is 0 Å². The van der Waals surface area contributed by atoms with Gasteiger partial charge in [-0.3, -0.25) is 9.69 Å². The van der Waals surface area contributed by atoms with Gasteiger partial charge in [0.2, 0.25) is 5.91 Å². The van der Waals surface area contributed by atoms with Gasteiger partial charge < -0.3 is 11.1 Å². The fourth-order valence-electron chi connectivity index (χ4n) is 2.31. The van der Waals surface area contributed by atoms with Crippen molar-refractivity contribution in [2.75, 3.05) is 19.6 Å². The van der Waals surface area contributed by atoms with Crippen molar-refractivity contribution in [2.45, 2.75) is 38.3 Å². The molecule has 5 heteroatoms. The van der Waals surface area contributed by atoms with Crippen LogP contribution in [0.4, 0.5) is 0 Å². The van der Waals surface area contributed by atoms with Crippen molar-refractivity contribution in [2.24, 2.45) is 5.73 Å². The predicted octanol–water partition coefficient (Wildman–Crippen LogP) is 1.74. The average molecular weight is 281 g/mol. The van der Waals surface area contributed by atoms with Crippen molar-refractivity contribution in [3.63, 3.8) is 0 Å². The maximum absolute atomic E-state index is 11.9. The largest absolute Gasteiger partial charge is 0.353 e. The molecular formula is C14H23N3OS. The van der Waals surface area contributed by atoms with Crippen LogP contribution in [0.25, 0.3) is 0 Å². The van der Waals surface area contributed by atoms with E-state index in [2.05, 4.69) is 40.9 Å². The fourth-order valence-corrected chi connectivity index (χ4v) is 3.02. The van der Waals surface area contributed by atoms with Gasteiger partial charge in [-0.15, -0.1) is 0 Å². The van der Waals surface area contributed by atoms with Crippen molar-refractivity contribution < 1.29 is 4.79 Å². The zero-order valence-electron chi connectivity index (χ0n) is 11.7. The molecular weight excluding hydrogens is 258 g/mol. The van der Waals surface area contributed by atoms with Gasteiger partial charge in [0.05, 0.1) is 11.6 Å². The zero-order valence-corrected chi connectivity index (χ0v) is 12.5. The van der Waals surface area contributed by atoms with Gasteiger partial charge in [-0.1, -0.05) is 13.8 Å². The number of thiophene rings is 1. The molecule has 0 aliphatic heterocycles. The number of carbonyl (C=O) groups is 1. The molecule has 1 aliphatic carbocycles. The Bertz CT molecular complexity index is 410. The number of carbonyl (C=O) groups excluding carboxylic acids is 1. The van der Waals surface area contributed by atoms with E-state index in [1.54, 1.807) is 11.3 Å². The second-order valence-electron chi connectivity index (χ2n) is 5.16. The minimum Gasteiger partial charge on any atom is -0.353 e. The Hall–Kier alpha value is -0.910. The topological polar surface area (TPSA) is 58.4 Å². The SMILES string of the molecule is CCN(CC)C(CNC(=O)C1(N)CC1)c1ccsc1. The lowest BCUT2D eigenvalue weighted by atomic mass is 10.1. The summed E-state index contributed by atoms with van der Waals surface area (Å²) in [5.74, 6) is -0.000106. The Morgan fingerprint density at radius 1 is 1.53 bits per heavy atom. The van der Waals surface area contributed by atoms with Crippen molar-refractivity contribution in [3.8, 4) is 0 Å². The van der Waals surface area contributed by atoms with E-state index in [4.69, 9.17) is 5.73 Å². The van der Waals surface area contributed by atoms with Gasteiger partial charge in [0, 0.05) is 6.54 Å². The molecule has 1 atom stereocenters. The molecule has 2 rings (SSSR count). The van der Waals surface area contributed by atoms with Crippen LogP contribution >= 0.6 is 11.3 Å². The Labute approximate surface area is 119 Å². The second kappa shape index (κ2) is 6.03. The number of nitrogens with one attached hydrogen (secondary N) is 1. The van der Waals surface area contributed by atoms with Crippen LogP contribution in [-0.4, -0.2) is 36.0 Å². The summed E-state index contributed by atoms with van der Waals surface area (Å²) in [6.45, 7) is 6.88. The Balaban J connectivity index is 1.99. The first-order valence-corrected chi connectivity index (χ1v) is 7.88. The maximum atomic E-state index is 11.9. The molecule has 19 heavy (non-hydrogen) atoms. The number of hydrogen-bond acceptors (Lipinski definition) is 4. The molecule has 106 valence electrons. The standard InChI is InChI=1S/C14H23N3OS/c1-3-17(4-2)12(11-5-8-19-10-11)9-16-13(18)14(15)6-7-14/h5,8,10,12H,3-4,6-7,9,15H2,1-2H3,(H,16,18). The summed E-state index contributed by atoms with van der Waals surface area (Å²) in [4.78, 5) is 14.3. The van der Waals surface area contributed by atoms with Gasteiger partial charge >= 0.3 is 0 Å². The molecule has 1 amide bonds. The summed E-state index contributed by atoms with van der Waals surface area (Å²) in [5.41, 5.74) is 6.61. The molecule has 0 spiro atoms. The lowest BCUT2D eigenvalue weighted by Gasteiger charge is -2.29. The van der Waals surface area contributed by atoms with E-state index >= 15 is 0 Å². The normalized spacial score (nSPS) is 18.3. The molecule has 0 radical (unpaired) electrons. The van der Waals surface area contributed by atoms with E-state index in [0.717, 1.165) is 25.9 Å². The van der Waals surface area contributed by atoms with Crippen LogP contribution in [0.5, 0.6) is 0 Å². The Kier molecular flexibility index (Phi) is 4.60. The predicted molar refractivity (Wildman–Crippen MR) is 79.1 cm³/mol. The number of rotatable bonds is 7. The lowest BCUT2D eigenvalue weighted by molar-refractivity contribution is -0.123.